The van der Waals surface area contributed by atoms with Crippen molar-refractivity contribution in [3.8, 4) is 0 Å². The second-order valence-corrected chi connectivity index (χ2v) is 6.30. The topological polar surface area (TPSA) is 52.6 Å². The zero-order valence-electron chi connectivity index (χ0n) is 12.7. The fraction of sp³-hybridized carbons (Fsp3) is 0.562. The number of halogens is 2. The molecule has 1 aliphatic rings. The van der Waals surface area contributed by atoms with E-state index in [2.05, 4.69) is 17.3 Å². The van der Waals surface area contributed by atoms with Crippen molar-refractivity contribution in [3.63, 3.8) is 0 Å². The molecule has 1 aliphatic heterocycles. The first-order chi connectivity index (χ1) is 10.5. The van der Waals surface area contributed by atoms with E-state index in [1.165, 1.54) is 12.1 Å². The second kappa shape index (κ2) is 7.90. The number of hydrogen-bond acceptors (Lipinski definition) is 3. The maximum atomic E-state index is 14.0. The van der Waals surface area contributed by atoms with Gasteiger partial charge in [-0.25, -0.2) is 4.39 Å². The van der Waals surface area contributed by atoms with Crippen LogP contribution in [0.25, 0.3) is 0 Å². The molecule has 0 radical (unpaired) electrons. The van der Waals surface area contributed by atoms with E-state index in [0.29, 0.717) is 12.3 Å². The van der Waals surface area contributed by atoms with E-state index >= 15 is 0 Å². The number of aliphatic hydroxyl groups excluding tert-OH is 1. The SMILES string of the molecule is CN1CCC(CC(=O)NC(CO)c2cccc(Cl)c2F)CC1. The maximum absolute atomic E-state index is 14.0. The number of likely N-dealkylation sites (tertiary alicyclic amines) is 1. The van der Waals surface area contributed by atoms with Gasteiger partial charge in [0, 0.05) is 12.0 Å². The predicted molar refractivity (Wildman–Crippen MR) is 84.2 cm³/mol. The van der Waals surface area contributed by atoms with Crippen LogP contribution in [0.3, 0.4) is 0 Å². The molecule has 1 saturated heterocycles. The molecule has 4 nitrogen and oxygen atoms in total. The Kier molecular flexibility index (Phi) is 6.17. The van der Waals surface area contributed by atoms with Crippen LogP contribution in [0.5, 0.6) is 0 Å². The predicted octanol–water partition coefficient (Wildman–Crippen LogP) is 2.36. The highest BCUT2D eigenvalue weighted by atomic mass is 35.5. The number of piperidine rings is 1. The quantitative estimate of drug-likeness (QED) is 0.872. The van der Waals surface area contributed by atoms with Crippen molar-refractivity contribution >= 4 is 17.5 Å². The van der Waals surface area contributed by atoms with Crippen LogP contribution in [0.4, 0.5) is 4.39 Å². The van der Waals surface area contributed by atoms with Crippen LogP contribution in [0.1, 0.15) is 30.9 Å². The minimum Gasteiger partial charge on any atom is -0.394 e. The Balaban J connectivity index is 1.95. The van der Waals surface area contributed by atoms with Gasteiger partial charge in [0.25, 0.3) is 0 Å². The molecule has 2 rings (SSSR count). The molecule has 122 valence electrons. The number of carbonyl (C=O) groups excluding carboxylic acids is 1. The molecule has 1 amide bonds. The van der Waals surface area contributed by atoms with Crippen molar-refractivity contribution in [3.05, 3.63) is 34.6 Å². The third kappa shape index (κ3) is 4.41. The molecular weight excluding hydrogens is 307 g/mol. The van der Waals surface area contributed by atoms with Gasteiger partial charge in [0.1, 0.15) is 5.82 Å². The number of rotatable bonds is 5. The standard InChI is InChI=1S/C16H22ClFN2O2/c1-20-7-5-11(6-8-20)9-15(22)19-14(10-21)12-3-2-4-13(17)16(12)18/h2-4,11,14,21H,5-10H2,1H3,(H,19,22). The molecule has 0 aromatic heterocycles. The smallest absolute Gasteiger partial charge is 0.220 e. The van der Waals surface area contributed by atoms with Crippen molar-refractivity contribution in [2.45, 2.75) is 25.3 Å². The number of hydrogen-bond donors (Lipinski definition) is 2. The number of carbonyl (C=O) groups is 1. The molecule has 2 N–H and O–H groups in total. The van der Waals surface area contributed by atoms with Gasteiger partial charge in [-0.05, 0) is 45.0 Å². The van der Waals surface area contributed by atoms with Gasteiger partial charge >= 0.3 is 0 Å². The van der Waals surface area contributed by atoms with Crippen molar-refractivity contribution < 1.29 is 14.3 Å². The monoisotopic (exact) mass is 328 g/mol. The summed E-state index contributed by atoms with van der Waals surface area (Å²) in [4.78, 5) is 14.4. The third-order valence-electron chi connectivity index (χ3n) is 4.19. The van der Waals surface area contributed by atoms with Crippen molar-refractivity contribution in [2.75, 3.05) is 26.7 Å². The Labute approximate surface area is 135 Å². The molecule has 0 spiro atoms. The molecule has 22 heavy (non-hydrogen) atoms. The Bertz CT molecular complexity index is 519. The molecule has 1 heterocycles. The lowest BCUT2D eigenvalue weighted by atomic mass is 9.93. The lowest BCUT2D eigenvalue weighted by Gasteiger charge is -2.29. The summed E-state index contributed by atoms with van der Waals surface area (Å²) in [5.41, 5.74) is 0.215. The Morgan fingerprint density at radius 2 is 2.18 bits per heavy atom. The fourth-order valence-electron chi connectivity index (χ4n) is 2.79. The van der Waals surface area contributed by atoms with E-state index in [-0.39, 0.29) is 23.1 Å². The van der Waals surface area contributed by atoms with Gasteiger partial charge in [-0.3, -0.25) is 4.79 Å². The molecule has 6 heteroatoms. The zero-order chi connectivity index (χ0) is 16.1. The van der Waals surface area contributed by atoms with Crippen molar-refractivity contribution in [1.29, 1.82) is 0 Å². The average molecular weight is 329 g/mol. The summed E-state index contributed by atoms with van der Waals surface area (Å²) in [7, 11) is 2.07. The van der Waals surface area contributed by atoms with Crippen molar-refractivity contribution in [1.82, 2.24) is 10.2 Å². The minimum absolute atomic E-state index is 0.0134. The molecule has 1 aromatic carbocycles. The number of amides is 1. The molecule has 1 fully saturated rings. The number of aliphatic hydroxyl groups is 1. The zero-order valence-corrected chi connectivity index (χ0v) is 13.4. The summed E-state index contributed by atoms with van der Waals surface area (Å²) < 4.78 is 14.0. The van der Waals surface area contributed by atoms with Gasteiger partial charge in [-0.15, -0.1) is 0 Å². The van der Waals surface area contributed by atoms with Crippen LogP contribution in [-0.2, 0) is 4.79 Å². The molecule has 1 atom stereocenters. The van der Waals surface area contributed by atoms with Crippen LogP contribution < -0.4 is 5.32 Å². The van der Waals surface area contributed by atoms with Crippen LogP contribution in [0.15, 0.2) is 18.2 Å². The van der Waals surface area contributed by atoms with Gasteiger partial charge in [-0.2, -0.15) is 0 Å². The first-order valence-electron chi connectivity index (χ1n) is 7.54. The number of nitrogens with one attached hydrogen (secondary N) is 1. The number of benzene rings is 1. The van der Waals surface area contributed by atoms with Crippen LogP contribution in [0.2, 0.25) is 5.02 Å². The Morgan fingerprint density at radius 3 is 2.82 bits per heavy atom. The lowest BCUT2D eigenvalue weighted by molar-refractivity contribution is -0.123. The lowest BCUT2D eigenvalue weighted by Crippen LogP contribution is -2.36. The van der Waals surface area contributed by atoms with Gasteiger partial charge in [0.2, 0.25) is 5.91 Å². The normalized spacial score (nSPS) is 18.2. The maximum Gasteiger partial charge on any atom is 0.220 e. The molecular formula is C16H22ClFN2O2. The summed E-state index contributed by atoms with van der Waals surface area (Å²) in [5.74, 6) is -0.407. The summed E-state index contributed by atoms with van der Waals surface area (Å²) in [6.07, 6.45) is 2.38. The average Bonchev–Trinajstić information content (AvgIpc) is 2.50. The van der Waals surface area contributed by atoms with Crippen molar-refractivity contribution in [2.24, 2.45) is 5.92 Å². The fourth-order valence-corrected chi connectivity index (χ4v) is 2.97. The van der Waals surface area contributed by atoms with E-state index in [4.69, 9.17) is 11.6 Å². The van der Waals surface area contributed by atoms with E-state index in [1.54, 1.807) is 6.07 Å². The highest BCUT2D eigenvalue weighted by Crippen LogP contribution is 2.24. The molecule has 1 aromatic rings. The van der Waals surface area contributed by atoms with Gasteiger partial charge in [0.05, 0.1) is 17.7 Å². The Hall–Kier alpha value is -1.17. The highest BCUT2D eigenvalue weighted by Gasteiger charge is 2.23. The Morgan fingerprint density at radius 1 is 1.50 bits per heavy atom. The molecule has 0 aliphatic carbocycles. The first kappa shape index (κ1) is 17.2. The first-order valence-corrected chi connectivity index (χ1v) is 7.91. The van der Waals surface area contributed by atoms with Crippen LogP contribution in [0, 0.1) is 11.7 Å². The number of nitrogens with zero attached hydrogens (tertiary/aromatic N) is 1. The van der Waals surface area contributed by atoms with Crippen LogP contribution >= 0.6 is 11.6 Å². The highest BCUT2D eigenvalue weighted by molar-refractivity contribution is 6.30. The van der Waals surface area contributed by atoms with E-state index < -0.39 is 11.9 Å². The van der Waals surface area contributed by atoms with Gasteiger partial charge in [0.15, 0.2) is 0 Å². The summed E-state index contributed by atoms with van der Waals surface area (Å²) in [5, 5.41) is 12.1. The van der Waals surface area contributed by atoms with Gasteiger partial charge < -0.3 is 15.3 Å². The van der Waals surface area contributed by atoms with E-state index in [0.717, 1.165) is 25.9 Å². The largest absolute Gasteiger partial charge is 0.394 e. The summed E-state index contributed by atoms with van der Waals surface area (Å²) in [6, 6.07) is 3.80. The van der Waals surface area contributed by atoms with E-state index in [9.17, 15) is 14.3 Å². The third-order valence-corrected chi connectivity index (χ3v) is 4.48. The summed E-state index contributed by atoms with van der Waals surface area (Å²) >= 11 is 5.75. The molecule has 1 unspecified atom stereocenters. The molecule has 0 bridgehead atoms. The van der Waals surface area contributed by atoms with Crippen LogP contribution in [-0.4, -0.2) is 42.7 Å². The summed E-state index contributed by atoms with van der Waals surface area (Å²) in [6.45, 7) is 1.62. The van der Waals surface area contributed by atoms with E-state index in [1.807, 2.05) is 0 Å². The molecule has 0 saturated carbocycles. The minimum atomic E-state index is -0.766. The van der Waals surface area contributed by atoms with Gasteiger partial charge in [-0.1, -0.05) is 23.7 Å². The second-order valence-electron chi connectivity index (χ2n) is 5.90.